The summed E-state index contributed by atoms with van der Waals surface area (Å²) in [6, 6.07) is 10.8. The van der Waals surface area contributed by atoms with Crippen molar-refractivity contribution < 1.29 is 23.5 Å². The number of methoxy groups -OCH3 is 1. The molecule has 0 fully saturated rings. The summed E-state index contributed by atoms with van der Waals surface area (Å²) in [7, 11) is 1.28. The zero-order valence-corrected chi connectivity index (χ0v) is 23.6. The Morgan fingerprint density at radius 3 is 2.67 bits per heavy atom. The van der Waals surface area contributed by atoms with E-state index in [1.54, 1.807) is 40.3 Å². The fraction of sp³-hybridized carbons (Fsp3) is 0.154. The van der Waals surface area contributed by atoms with E-state index in [0.717, 1.165) is 23.4 Å². The van der Waals surface area contributed by atoms with Crippen LogP contribution in [0.25, 0.3) is 11.1 Å². The quantitative estimate of drug-likeness (QED) is 0.115. The van der Waals surface area contributed by atoms with E-state index in [4.69, 9.17) is 32.7 Å². The van der Waals surface area contributed by atoms with Crippen LogP contribution in [0.5, 0.6) is 5.75 Å². The van der Waals surface area contributed by atoms with Crippen molar-refractivity contribution in [2.45, 2.75) is 18.3 Å². The van der Waals surface area contributed by atoms with Gasteiger partial charge in [-0.15, -0.1) is 28.1 Å². The largest absolute Gasteiger partial charge is 0.484 e. The molecule has 0 bridgehead atoms. The van der Waals surface area contributed by atoms with Crippen LogP contribution in [0.2, 0.25) is 10.0 Å². The van der Waals surface area contributed by atoms with Crippen LogP contribution in [0.15, 0.2) is 65.7 Å². The number of benzene rings is 2. The molecule has 0 aliphatic heterocycles. The van der Waals surface area contributed by atoms with E-state index in [1.807, 2.05) is 0 Å². The smallest absolute Gasteiger partial charge is 0.341 e. The molecule has 0 saturated carbocycles. The van der Waals surface area contributed by atoms with E-state index in [-0.39, 0.29) is 28.9 Å². The summed E-state index contributed by atoms with van der Waals surface area (Å²) in [6.45, 7) is 4.15. The average molecular weight is 608 g/mol. The highest BCUT2D eigenvalue weighted by Crippen LogP contribution is 2.37. The molecule has 4 rings (SSSR count). The second kappa shape index (κ2) is 13.1. The van der Waals surface area contributed by atoms with Crippen molar-refractivity contribution in [1.29, 1.82) is 0 Å². The lowest BCUT2D eigenvalue weighted by atomic mass is 10.0. The number of hydrogen-bond donors (Lipinski definition) is 1. The fourth-order valence-electron chi connectivity index (χ4n) is 3.47. The van der Waals surface area contributed by atoms with Crippen molar-refractivity contribution in [2.75, 3.05) is 18.2 Å². The zero-order chi connectivity index (χ0) is 27.9. The van der Waals surface area contributed by atoms with Gasteiger partial charge in [-0.25, -0.2) is 9.18 Å². The molecule has 39 heavy (non-hydrogen) atoms. The van der Waals surface area contributed by atoms with Crippen molar-refractivity contribution >= 4 is 63.2 Å². The van der Waals surface area contributed by atoms with Gasteiger partial charge in [-0.3, -0.25) is 9.36 Å². The number of thioether (sulfide) groups is 1. The second-order valence-corrected chi connectivity index (χ2v) is 10.5. The predicted molar refractivity (Wildman–Crippen MR) is 151 cm³/mol. The number of aromatic nitrogens is 3. The summed E-state index contributed by atoms with van der Waals surface area (Å²) >= 11 is 14.4. The van der Waals surface area contributed by atoms with Gasteiger partial charge in [0, 0.05) is 22.5 Å². The van der Waals surface area contributed by atoms with Gasteiger partial charge in [-0.1, -0.05) is 53.2 Å². The number of carbonyl (C=O) groups excluding carboxylic acids is 2. The van der Waals surface area contributed by atoms with E-state index < -0.39 is 11.8 Å². The Kier molecular flexibility index (Phi) is 9.63. The molecule has 0 radical (unpaired) electrons. The Labute approximate surface area is 241 Å². The maximum Gasteiger partial charge on any atom is 0.341 e. The van der Waals surface area contributed by atoms with Crippen molar-refractivity contribution in [3.8, 4) is 16.9 Å². The third-order valence-corrected chi connectivity index (χ3v) is 7.69. The minimum Gasteiger partial charge on any atom is -0.484 e. The van der Waals surface area contributed by atoms with Crippen LogP contribution in [-0.4, -0.2) is 39.5 Å². The summed E-state index contributed by atoms with van der Waals surface area (Å²) in [6.07, 6.45) is 1.66. The highest BCUT2D eigenvalue weighted by Gasteiger charge is 2.23. The third kappa shape index (κ3) is 6.99. The van der Waals surface area contributed by atoms with Crippen molar-refractivity contribution in [3.63, 3.8) is 0 Å². The number of allylic oxidation sites excluding steroid dienone is 1. The Morgan fingerprint density at radius 2 is 1.97 bits per heavy atom. The summed E-state index contributed by atoms with van der Waals surface area (Å²) in [4.78, 5) is 25.4. The molecule has 0 spiro atoms. The lowest BCUT2D eigenvalue weighted by Crippen LogP contribution is -2.16. The first-order chi connectivity index (χ1) is 18.8. The Balaban J connectivity index is 1.45. The summed E-state index contributed by atoms with van der Waals surface area (Å²) in [5.41, 5.74) is 1.65. The monoisotopic (exact) mass is 606 g/mol. The van der Waals surface area contributed by atoms with E-state index in [1.165, 1.54) is 30.6 Å². The molecular weight excluding hydrogens is 586 g/mol. The van der Waals surface area contributed by atoms with Crippen molar-refractivity contribution in [3.05, 3.63) is 87.7 Å². The number of nitrogens with zero attached hydrogens (tertiary/aromatic N) is 3. The van der Waals surface area contributed by atoms with Crippen LogP contribution < -0.4 is 10.1 Å². The fourth-order valence-corrected chi connectivity index (χ4v) is 5.56. The predicted octanol–water partition coefficient (Wildman–Crippen LogP) is 6.73. The number of esters is 1. The molecule has 0 aliphatic rings. The van der Waals surface area contributed by atoms with Gasteiger partial charge in [0.2, 0.25) is 5.91 Å². The van der Waals surface area contributed by atoms with Crippen LogP contribution in [0, 0.1) is 5.82 Å². The van der Waals surface area contributed by atoms with E-state index in [2.05, 4.69) is 22.1 Å². The standard InChI is InChI=1S/C26H21Cl2FN4O4S2/c1-3-10-33-21(12-37-20-9-8-17(29)11-19(20)28)31-32-26(33)39-14-22(34)30-24-23(25(35)36-2)18(13-38-24)15-4-6-16(27)7-5-15/h3-9,11,13H,1,10,12,14H2,2H3,(H,30,34). The van der Waals surface area contributed by atoms with Crippen LogP contribution in [0.1, 0.15) is 16.2 Å². The van der Waals surface area contributed by atoms with Crippen molar-refractivity contribution in [2.24, 2.45) is 0 Å². The number of amides is 1. The Bertz CT molecular complexity index is 1510. The average Bonchev–Trinajstić information content (AvgIpc) is 3.51. The maximum atomic E-state index is 13.3. The third-order valence-electron chi connectivity index (χ3n) is 5.28. The normalized spacial score (nSPS) is 10.8. The molecule has 2 aromatic heterocycles. The molecule has 8 nitrogen and oxygen atoms in total. The molecule has 0 saturated heterocycles. The first-order valence-electron chi connectivity index (χ1n) is 11.3. The number of hydrogen-bond acceptors (Lipinski definition) is 8. The summed E-state index contributed by atoms with van der Waals surface area (Å²) in [5.74, 6) is -0.623. The SMILES string of the molecule is C=CCn1c(COc2ccc(F)cc2Cl)nnc1SCC(=O)Nc1scc(-c2ccc(Cl)cc2)c1C(=O)OC. The molecule has 2 aromatic carbocycles. The summed E-state index contributed by atoms with van der Waals surface area (Å²) in [5, 5.41) is 14.4. The van der Waals surface area contributed by atoms with Gasteiger partial charge in [0.05, 0.1) is 17.9 Å². The topological polar surface area (TPSA) is 95.3 Å². The van der Waals surface area contributed by atoms with Gasteiger partial charge in [0.25, 0.3) is 0 Å². The van der Waals surface area contributed by atoms with Gasteiger partial charge in [-0.2, -0.15) is 0 Å². The molecule has 2 heterocycles. The summed E-state index contributed by atoms with van der Waals surface area (Å²) < 4.78 is 25.7. The lowest BCUT2D eigenvalue weighted by molar-refractivity contribution is -0.113. The first kappa shape index (κ1) is 28.6. The Morgan fingerprint density at radius 1 is 1.21 bits per heavy atom. The Hall–Kier alpha value is -3.38. The minimum atomic E-state index is -0.569. The van der Waals surface area contributed by atoms with Crippen molar-refractivity contribution in [1.82, 2.24) is 14.8 Å². The van der Waals surface area contributed by atoms with Gasteiger partial charge < -0.3 is 14.8 Å². The molecule has 4 aromatic rings. The molecule has 0 atom stereocenters. The number of nitrogens with one attached hydrogen (secondary N) is 1. The number of anilines is 1. The van der Waals surface area contributed by atoms with Crippen LogP contribution >= 0.6 is 46.3 Å². The van der Waals surface area contributed by atoms with Gasteiger partial charge >= 0.3 is 5.97 Å². The van der Waals surface area contributed by atoms with Gasteiger partial charge in [-0.05, 0) is 35.9 Å². The van der Waals surface area contributed by atoms with E-state index >= 15 is 0 Å². The van der Waals surface area contributed by atoms with Crippen LogP contribution in [0.4, 0.5) is 9.39 Å². The number of ether oxygens (including phenoxy) is 2. The van der Waals surface area contributed by atoms with Crippen LogP contribution in [-0.2, 0) is 22.7 Å². The molecule has 0 unspecified atom stereocenters. The maximum absolute atomic E-state index is 13.3. The first-order valence-corrected chi connectivity index (χ1v) is 13.9. The number of thiophene rings is 1. The number of rotatable bonds is 11. The zero-order valence-electron chi connectivity index (χ0n) is 20.4. The molecule has 13 heteroatoms. The molecule has 1 amide bonds. The van der Waals surface area contributed by atoms with E-state index in [9.17, 15) is 14.0 Å². The van der Waals surface area contributed by atoms with E-state index in [0.29, 0.717) is 38.9 Å². The van der Waals surface area contributed by atoms with Gasteiger partial charge in [0.1, 0.15) is 28.7 Å². The van der Waals surface area contributed by atoms with Crippen LogP contribution in [0.3, 0.4) is 0 Å². The molecule has 202 valence electrons. The number of halogens is 3. The van der Waals surface area contributed by atoms with Gasteiger partial charge in [0.15, 0.2) is 11.0 Å². The molecule has 1 N–H and O–H groups in total. The highest BCUT2D eigenvalue weighted by atomic mass is 35.5. The molecular formula is C26H21Cl2FN4O4S2. The minimum absolute atomic E-state index is 0.00524. The molecule has 0 aliphatic carbocycles. The second-order valence-electron chi connectivity index (χ2n) is 7.85. The highest BCUT2D eigenvalue weighted by molar-refractivity contribution is 7.99. The lowest BCUT2D eigenvalue weighted by Gasteiger charge is -2.10. The number of carbonyl (C=O) groups is 2.